The lowest BCUT2D eigenvalue weighted by Crippen LogP contribution is -2.52. The fourth-order valence-corrected chi connectivity index (χ4v) is 3.50. The van der Waals surface area contributed by atoms with Gasteiger partial charge in [0.25, 0.3) is 0 Å². The Labute approximate surface area is 115 Å². The van der Waals surface area contributed by atoms with Crippen molar-refractivity contribution >= 4 is 27.4 Å². The largest absolute Gasteiger partial charge is 0.480 e. The Morgan fingerprint density at radius 1 is 1.47 bits per heavy atom. The number of hydrogen-bond donors (Lipinski definition) is 2. The van der Waals surface area contributed by atoms with E-state index in [1.807, 2.05) is 12.1 Å². The number of carboxylic acids is 1. The highest BCUT2D eigenvalue weighted by Gasteiger charge is 2.33. The van der Waals surface area contributed by atoms with Crippen molar-refractivity contribution in [2.45, 2.75) is 25.2 Å². The molecule has 19 heavy (non-hydrogen) atoms. The number of carboxylic acid groups (broad SMARTS) is 1. The molecular formula is C14H15NO3S. The average Bonchev–Trinajstić information content (AvgIpc) is 2.81. The fourth-order valence-electron chi connectivity index (χ4n) is 2.40. The number of fused-ring (bicyclic) bond motifs is 1. The Balaban J connectivity index is 1.82. The molecule has 0 amide bonds. The molecule has 0 bridgehead atoms. The summed E-state index contributed by atoms with van der Waals surface area (Å²) in [6.07, 6.45) is -0.399. The molecule has 0 spiro atoms. The van der Waals surface area contributed by atoms with E-state index >= 15 is 0 Å². The highest BCUT2D eigenvalue weighted by atomic mass is 32.1. The second-order valence-corrected chi connectivity index (χ2v) is 5.86. The number of thiophene rings is 1. The lowest BCUT2D eigenvalue weighted by atomic mass is 10.1. The van der Waals surface area contributed by atoms with Crippen LogP contribution in [-0.2, 0) is 9.53 Å². The van der Waals surface area contributed by atoms with Gasteiger partial charge in [0.05, 0.1) is 6.10 Å². The van der Waals surface area contributed by atoms with E-state index in [-0.39, 0.29) is 12.2 Å². The van der Waals surface area contributed by atoms with Gasteiger partial charge in [0.2, 0.25) is 0 Å². The molecular weight excluding hydrogens is 262 g/mol. The average molecular weight is 277 g/mol. The third kappa shape index (κ3) is 2.36. The number of nitrogens with one attached hydrogen (secondary N) is 1. The van der Waals surface area contributed by atoms with Gasteiger partial charge in [-0.05, 0) is 24.4 Å². The first-order valence-corrected chi connectivity index (χ1v) is 7.07. The van der Waals surface area contributed by atoms with Gasteiger partial charge in [0.1, 0.15) is 12.1 Å². The van der Waals surface area contributed by atoms with Gasteiger partial charge in [-0.2, -0.15) is 0 Å². The van der Waals surface area contributed by atoms with Crippen LogP contribution < -0.4 is 5.32 Å². The number of aliphatic carboxylic acids is 1. The minimum atomic E-state index is -0.859. The first-order chi connectivity index (χ1) is 9.15. The molecule has 1 aromatic carbocycles. The highest BCUT2D eigenvalue weighted by molar-refractivity contribution is 7.19. The first-order valence-electron chi connectivity index (χ1n) is 6.25. The van der Waals surface area contributed by atoms with Crippen molar-refractivity contribution in [1.82, 2.24) is 5.32 Å². The van der Waals surface area contributed by atoms with E-state index in [9.17, 15) is 4.79 Å². The van der Waals surface area contributed by atoms with Gasteiger partial charge in [-0.25, -0.2) is 0 Å². The van der Waals surface area contributed by atoms with Gasteiger partial charge in [-0.3, -0.25) is 10.1 Å². The molecule has 0 aliphatic carbocycles. The van der Waals surface area contributed by atoms with Crippen LogP contribution in [0.4, 0.5) is 0 Å². The van der Waals surface area contributed by atoms with E-state index in [4.69, 9.17) is 9.84 Å². The number of ether oxygens (including phenoxy) is 1. The molecule has 1 fully saturated rings. The van der Waals surface area contributed by atoms with Crippen LogP contribution in [-0.4, -0.2) is 29.8 Å². The van der Waals surface area contributed by atoms with Gasteiger partial charge in [0.15, 0.2) is 0 Å². The van der Waals surface area contributed by atoms with Crippen LogP contribution in [0.3, 0.4) is 0 Å². The third-order valence-corrected chi connectivity index (χ3v) is 4.61. The minimum Gasteiger partial charge on any atom is -0.480 e. The van der Waals surface area contributed by atoms with Crippen LogP contribution >= 0.6 is 11.3 Å². The SMILES string of the molecule is CC1OC(c2cc3ccccc3s2)CNC1C(=O)O. The Kier molecular flexibility index (Phi) is 3.26. The van der Waals surface area contributed by atoms with Gasteiger partial charge < -0.3 is 9.84 Å². The van der Waals surface area contributed by atoms with Crippen LogP contribution in [0.15, 0.2) is 30.3 Å². The summed E-state index contributed by atoms with van der Waals surface area (Å²) in [5.41, 5.74) is 0. The zero-order valence-corrected chi connectivity index (χ0v) is 11.3. The Hall–Kier alpha value is -1.43. The number of carbonyl (C=O) groups is 1. The Bertz CT molecular complexity index is 577. The molecule has 1 aliphatic heterocycles. The van der Waals surface area contributed by atoms with Crippen LogP contribution in [0.2, 0.25) is 0 Å². The fraction of sp³-hybridized carbons (Fsp3) is 0.357. The summed E-state index contributed by atoms with van der Waals surface area (Å²) < 4.78 is 7.07. The van der Waals surface area contributed by atoms with E-state index in [2.05, 4.69) is 23.5 Å². The van der Waals surface area contributed by atoms with Gasteiger partial charge >= 0.3 is 5.97 Å². The molecule has 3 unspecified atom stereocenters. The molecule has 4 nitrogen and oxygen atoms in total. The number of rotatable bonds is 2. The molecule has 3 atom stereocenters. The van der Waals surface area contributed by atoms with Gasteiger partial charge in [0, 0.05) is 16.1 Å². The Morgan fingerprint density at radius 2 is 2.26 bits per heavy atom. The second kappa shape index (κ2) is 4.92. The maximum absolute atomic E-state index is 11.0. The lowest BCUT2D eigenvalue weighted by molar-refractivity contribution is -0.149. The van der Waals surface area contributed by atoms with Crippen molar-refractivity contribution in [3.05, 3.63) is 35.2 Å². The van der Waals surface area contributed by atoms with Crippen LogP contribution in [0, 0.1) is 0 Å². The van der Waals surface area contributed by atoms with Crippen LogP contribution in [0.25, 0.3) is 10.1 Å². The van der Waals surface area contributed by atoms with Crippen LogP contribution in [0.5, 0.6) is 0 Å². The van der Waals surface area contributed by atoms with E-state index in [0.29, 0.717) is 6.54 Å². The minimum absolute atomic E-state index is 0.0667. The standard InChI is InChI=1S/C14H15NO3S/c1-8-13(14(16)17)15-7-10(18-8)12-6-9-4-2-3-5-11(9)19-12/h2-6,8,10,13,15H,7H2,1H3,(H,16,17). The molecule has 2 heterocycles. The second-order valence-electron chi connectivity index (χ2n) is 4.74. The van der Waals surface area contributed by atoms with Gasteiger partial charge in [-0.1, -0.05) is 18.2 Å². The van der Waals surface area contributed by atoms with E-state index in [0.717, 1.165) is 4.88 Å². The normalized spacial score (nSPS) is 27.5. The monoisotopic (exact) mass is 277 g/mol. The molecule has 1 aromatic heterocycles. The molecule has 100 valence electrons. The van der Waals surface area contributed by atoms with Gasteiger partial charge in [-0.15, -0.1) is 11.3 Å². The number of hydrogen-bond acceptors (Lipinski definition) is 4. The van der Waals surface area contributed by atoms with Crippen molar-refractivity contribution in [3.63, 3.8) is 0 Å². The number of benzene rings is 1. The molecule has 2 N–H and O–H groups in total. The molecule has 2 aromatic rings. The van der Waals surface area contributed by atoms with Crippen molar-refractivity contribution < 1.29 is 14.6 Å². The summed E-state index contributed by atoms with van der Waals surface area (Å²) >= 11 is 1.70. The van der Waals surface area contributed by atoms with Crippen LogP contribution in [0.1, 0.15) is 17.9 Å². The quantitative estimate of drug-likeness (QED) is 0.885. The molecule has 5 heteroatoms. The smallest absolute Gasteiger partial charge is 0.323 e. The predicted octanol–water partition coefficient (Wildman–Crippen LogP) is 2.40. The van der Waals surface area contributed by atoms with Crippen molar-refractivity contribution in [3.8, 4) is 0 Å². The molecule has 1 saturated heterocycles. The highest BCUT2D eigenvalue weighted by Crippen LogP contribution is 2.33. The van der Waals surface area contributed by atoms with E-state index < -0.39 is 12.0 Å². The van der Waals surface area contributed by atoms with Crippen molar-refractivity contribution in [1.29, 1.82) is 0 Å². The summed E-state index contributed by atoms with van der Waals surface area (Å²) in [7, 11) is 0. The maximum atomic E-state index is 11.0. The summed E-state index contributed by atoms with van der Waals surface area (Å²) in [4.78, 5) is 12.2. The van der Waals surface area contributed by atoms with Crippen molar-refractivity contribution in [2.75, 3.05) is 6.54 Å². The molecule has 0 saturated carbocycles. The summed E-state index contributed by atoms with van der Waals surface area (Å²) in [5, 5.41) is 13.3. The third-order valence-electron chi connectivity index (χ3n) is 3.40. The molecule has 3 rings (SSSR count). The Morgan fingerprint density at radius 3 is 2.95 bits per heavy atom. The first kappa shape index (κ1) is 12.6. The summed E-state index contributed by atoms with van der Waals surface area (Å²) in [5.74, 6) is -0.859. The zero-order chi connectivity index (χ0) is 13.4. The van der Waals surface area contributed by atoms with Crippen molar-refractivity contribution in [2.24, 2.45) is 0 Å². The lowest BCUT2D eigenvalue weighted by Gasteiger charge is -2.32. The summed E-state index contributed by atoms with van der Waals surface area (Å²) in [6.45, 7) is 2.33. The van der Waals surface area contributed by atoms with E-state index in [1.54, 1.807) is 18.3 Å². The van der Waals surface area contributed by atoms with E-state index in [1.165, 1.54) is 10.1 Å². The number of morpholine rings is 1. The predicted molar refractivity (Wildman–Crippen MR) is 74.5 cm³/mol. The molecule has 1 aliphatic rings. The zero-order valence-electron chi connectivity index (χ0n) is 10.5. The maximum Gasteiger partial charge on any atom is 0.323 e. The topological polar surface area (TPSA) is 58.6 Å². The summed E-state index contributed by atoms with van der Waals surface area (Å²) in [6, 6.07) is 9.71. The molecule has 0 radical (unpaired) electrons.